The molecule has 2 atom stereocenters. The summed E-state index contributed by atoms with van der Waals surface area (Å²) in [6.07, 6.45) is 1.39. The van der Waals surface area contributed by atoms with Crippen molar-refractivity contribution < 1.29 is 14.3 Å². The van der Waals surface area contributed by atoms with Crippen LogP contribution in [0.4, 0.5) is 5.69 Å². The van der Waals surface area contributed by atoms with Crippen molar-refractivity contribution in [2.24, 2.45) is 11.8 Å². The standard InChI is InChI=1S/C22H26N2O3/c1-3-24(17-7-5-4-6-8-17)22(26)20-15-19(20)21(25)23-14-13-16-9-11-18(27-2)12-10-16/h4-12,19-20H,3,13-15H2,1-2H3,(H,23,25). The fourth-order valence-electron chi connectivity index (χ4n) is 3.28. The number of benzene rings is 2. The van der Waals surface area contributed by atoms with E-state index in [1.54, 1.807) is 12.0 Å². The van der Waals surface area contributed by atoms with Crippen molar-refractivity contribution >= 4 is 17.5 Å². The van der Waals surface area contributed by atoms with Crippen LogP contribution in [0.5, 0.6) is 5.75 Å². The predicted molar refractivity (Wildman–Crippen MR) is 106 cm³/mol. The van der Waals surface area contributed by atoms with Crippen LogP contribution < -0.4 is 15.0 Å². The van der Waals surface area contributed by atoms with Crippen molar-refractivity contribution in [2.45, 2.75) is 19.8 Å². The second-order valence-corrected chi connectivity index (χ2v) is 6.76. The van der Waals surface area contributed by atoms with Crippen molar-refractivity contribution in [1.82, 2.24) is 5.32 Å². The van der Waals surface area contributed by atoms with E-state index in [9.17, 15) is 9.59 Å². The summed E-state index contributed by atoms with van der Waals surface area (Å²) in [6.45, 7) is 3.13. The fourth-order valence-corrected chi connectivity index (χ4v) is 3.28. The van der Waals surface area contributed by atoms with Gasteiger partial charge in [0.15, 0.2) is 0 Å². The summed E-state index contributed by atoms with van der Waals surface area (Å²) in [5.74, 6) is 0.434. The number of ether oxygens (including phenoxy) is 1. The summed E-state index contributed by atoms with van der Waals surface area (Å²) < 4.78 is 5.14. The molecule has 0 aromatic heterocycles. The zero-order valence-corrected chi connectivity index (χ0v) is 15.9. The Morgan fingerprint density at radius 2 is 1.78 bits per heavy atom. The molecule has 1 saturated carbocycles. The van der Waals surface area contributed by atoms with Gasteiger partial charge in [-0.1, -0.05) is 30.3 Å². The highest BCUT2D eigenvalue weighted by Crippen LogP contribution is 2.40. The smallest absolute Gasteiger partial charge is 0.230 e. The van der Waals surface area contributed by atoms with Gasteiger partial charge in [-0.25, -0.2) is 0 Å². The summed E-state index contributed by atoms with van der Waals surface area (Å²) in [5, 5.41) is 2.96. The lowest BCUT2D eigenvalue weighted by molar-refractivity contribution is -0.126. The van der Waals surface area contributed by atoms with E-state index >= 15 is 0 Å². The summed E-state index contributed by atoms with van der Waals surface area (Å²) in [7, 11) is 1.64. The Morgan fingerprint density at radius 3 is 2.41 bits per heavy atom. The molecule has 3 rings (SSSR count). The Labute approximate surface area is 160 Å². The second kappa shape index (κ2) is 8.71. The van der Waals surface area contributed by atoms with Gasteiger partial charge in [0.25, 0.3) is 0 Å². The minimum atomic E-state index is -0.203. The van der Waals surface area contributed by atoms with Gasteiger partial charge in [0.05, 0.1) is 18.9 Å². The molecule has 0 saturated heterocycles. The fraction of sp³-hybridized carbons (Fsp3) is 0.364. The van der Waals surface area contributed by atoms with Gasteiger partial charge in [-0.15, -0.1) is 0 Å². The van der Waals surface area contributed by atoms with Crippen LogP contribution in [0.3, 0.4) is 0 Å². The maximum Gasteiger partial charge on any atom is 0.230 e. The molecule has 5 heteroatoms. The Bertz CT molecular complexity index is 774. The average molecular weight is 366 g/mol. The lowest BCUT2D eigenvalue weighted by Crippen LogP contribution is -2.34. The number of nitrogens with zero attached hydrogens (tertiary/aromatic N) is 1. The van der Waals surface area contributed by atoms with Crippen molar-refractivity contribution in [1.29, 1.82) is 0 Å². The molecule has 27 heavy (non-hydrogen) atoms. The van der Waals surface area contributed by atoms with E-state index in [1.165, 1.54) is 0 Å². The molecular formula is C22H26N2O3. The highest BCUT2D eigenvalue weighted by atomic mass is 16.5. The maximum absolute atomic E-state index is 12.7. The summed E-state index contributed by atoms with van der Waals surface area (Å²) in [6, 6.07) is 17.4. The SMILES string of the molecule is CCN(C(=O)C1CC1C(=O)NCCc1ccc(OC)cc1)c1ccccc1. The third-order valence-corrected chi connectivity index (χ3v) is 4.97. The molecule has 2 unspecified atom stereocenters. The molecule has 0 bridgehead atoms. The molecule has 2 aromatic carbocycles. The van der Waals surface area contributed by atoms with Gasteiger partial charge in [-0.05, 0) is 49.6 Å². The Hall–Kier alpha value is -2.82. The Balaban J connectivity index is 1.47. The van der Waals surface area contributed by atoms with Crippen molar-refractivity contribution in [3.8, 4) is 5.75 Å². The van der Waals surface area contributed by atoms with Crippen LogP contribution in [0, 0.1) is 11.8 Å². The summed E-state index contributed by atoms with van der Waals surface area (Å²) in [4.78, 5) is 26.9. The van der Waals surface area contributed by atoms with Crippen LogP contribution in [-0.2, 0) is 16.0 Å². The van der Waals surface area contributed by atoms with Gasteiger partial charge in [-0.2, -0.15) is 0 Å². The van der Waals surface area contributed by atoms with Crippen LogP contribution >= 0.6 is 0 Å². The Kier molecular flexibility index (Phi) is 6.12. The van der Waals surface area contributed by atoms with Gasteiger partial charge in [0.2, 0.25) is 11.8 Å². The lowest BCUT2D eigenvalue weighted by atomic mass is 10.1. The first kappa shape index (κ1) is 19.0. The van der Waals surface area contributed by atoms with Crippen molar-refractivity contribution in [3.63, 3.8) is 0 Å². The molecule has 1 fully saturated rings. The molecule has 1 aliphatic carbocycles. The van der Waals surface area contributed by atoms with E-state index in [1.807, 2.05) is 61.5 Å². The topological polar surface area (TPSA) is 58.6 Å². The number of methoxy groups -OCH3 is 1. The normalized spacial score (nSPS) is 17.9. The van der Waals surface area contributed by atoms with Crippen LogP contribution in [0.2, 0.25) is 0 Å². The summed E-state index contributed by atoms with van der Waals surface area (Å²) >= 11 is 0. The van der Waals surface area contributed by atoms with Crippen LogP contribution in [0.1, 0.15) is 18.9 Å². The van der Waals surface area contributed by atoms with E-state index in [0.29, 0.717) is 19.5 Å². The van der Waals surface area contributed by atoms with E-state index < -0.39 is 0 Å². The number of para-hydroxylation sites is 1. The third kappa shape index (κ3) is 4.67. The number of rotatable bonds is 8. The van der Waals surface area contributed by atoms with E-state index in [4.69, 9.17) is 4.74 Å². The molecule has 2 amide bonds. The van der Waals surface area contributed by atoms with Gasteiger partial charge in [-0.3, -0.25) is 9.59 Å². The molecule has 5 nitrogen and oxygen atoms in total. The number of carbonyl (C=O) groups excluding carboxylic acids is 2. The molecule has 142 valence electrons. The van der Waals surface area contributed by atoms with Crippen LogP contribution in [0.25, 0.3) is 0 Å². The van der Waals surface area contributed by atoms with Crippen molar-refractivity contribution in [3.05, 3.63) is 60.2 Å². The first-order chi connectivity index (χ1) is 13.1. The molecule has 1 N–H and O–H groups in total. The van der Waals surface area contributed by atoms with E-state index in [0.717, 1.165) is 23.4 Å². The predicted octanol–water partition coefficient (Wildman–Crippen LogP) is 3.04. The maximum atomic E-state index is 12.7. The minimum absolute atomic E-state index is 0.0222. The number of anilines is 1. The highest BCUT2D eigenvalue weighted by Gasteiger charge is 2.49. The minimum Gasteiger partial charge on any atom is -0.497 e. The monoisotopic (exact) mass is 366 g/mol. The average Bonchev–Trinajstić information content (AvgIpc) is 3.51. The zero-order valence-electron chi connectivity index (χ0n) is 15.9. The van der Waals surface area contributed by atoms with Gasteiger partial charge in [0.1, 0.15) is 5.75 Å². The number of hydrogen-bond acceptors (Lipinski definition) is 3. The lowest BCUT2D eigenvalue weighted by Gasteiger charge is -2.21. The highest BCUT2D eigenvalue weighted by molar-refractivity contribution is 6.01. The molecular weight excluding hydrogens is 340 g/mol. The molecule has 0 spiro atoms. The number of nitrogens with one attached hydrogen (secondary N) is 1. The second-order valence-electron chi connectivity index (χ2n) is 6.76. The van der Waals surface area contributed by atoms with E-state index in [-0.39, 0.29) is 23.7 Å². The van der Waals surface area contributed by atoms with Crippen molar-refractivity contribution in [2.75, 3.05) is 25.1 Å². The molecule has 0 radical (unpaired) electrons. The van der Waals surface area contributed by atoms with Gasteiger partial charge >= 0.3 is 0 Å². The van der Waals surface area contributed by atoms with Crippen LogP contribution in [-0.4, -0.2) is 32.0 Å². The molecule has 0 aliphatic heterocycles. The van der Waals surface area contributed by atoms with E-state index in [2.05, 4.69) is 5.32 Å². The largest absolute Gasteiger partial charge is 0.497 e. The first-order valence-electron chi connectivity index (χ1n) is 9.41. The molecule has 1 aliphatic rings. The van der Waals surface area contributed by atoms with Crippen LogP contribution in [0.15, 0.2) is 54.6 Å². The number of amides is 2. The van der Waals surface area contributed by atoms with Gasteiger partial charge in [0, 0.05) is 18.8 Å². The van der Waals surface area contributed by atoms with Gasteiger partial charge < -0.3 is 15.0 Å². The summed E-state index contributed by atoms with van der Waals surface area (Å²) in [5.41, 5.74) is 2.02. The third-order valence-electron chi connectivity index (χ3n) is 4.97. The first-order valence-corrected chi connectivity index (χ1v) is 9.41. The number of carbonyl (C=O) groups is 2. The zero-order chi connectivity index (χ0) is 19.2. The molecule has 2 aromatic rings. The quantitative estimate of drug-likeness (QED) is 0.781. The Morgan fingerprint density at radius 1 is 1.07 bits per heavy atom. The molecule has 0 heterocycles. The number of hydrogen-bond donors (Lipinski definition) is 1.